The predicted molar refractivity (Wildman–Crippen MR) is 87.5 cm³/mol. The Morgan fingerprint density at radius 1 is 1.14 bits per heavy atom. The lowest BCUT2D eigenvalue weighted by molar-refractivity contribution is 0.406. The molecule has 21 heavy (non-hydrogen) atoms. The number of benzene rings is 2. The summed E-state index contributed by atoms with van der Waals surface area (Å²) in [6.07, 6.45) is 0. The van der Waals surface area contributed by atoms with E-state index in [4.69, 9.17) is 4.74 Å². The number of hydrogen-bond acceptors (Lipinski definition) is 4. The van der Waals surface area contributed by atoms with Gasteiger partial charge >= 0.3 is 0 Å². The molecule has 0 bridgehead atoms. The van der Waals surface area contributed by atoms with E-state index in [9.17, 15) is 5.11 Å². The van der Waals surface area contributed by atoms with E-state index in [0.717, 1.165) is 11.3 Å². The molecule has 2 aromatic rings. The summed E-state index contributed by atoms with van der Waals surface area (Å²) in [5, 5.41) is 13.3. The van der Waals surface area contributed by atoms with E-state index >= 15 is 0 Å². The molecule has 112 valence electrons. The number of ether oxygens (including phenoxy) is 1. The summed E-state index contributed by atoms with van der Waals surface area (Å²) in [5.74, 6) is 0.892. The Balaban J connectivity index is 2.11. The van der Waals surface area contributed by atoms with Gasteiger partial charge in [0.1, 0.15) is 11.5 Å². The highest BCUT2D eigenvalue weighted by molar-refractivity contribution is 5.62. The van der Waals surface area contributed by atoms with E-state index in [-0.39, 0.29) is 5.75 Å². The number of anilines is 2. The molecule has 2 N–H and O–H groups in total. The van der Waals surface area contributed by atoms with E-state index in [2.05, 4.69) is 29.3 Å². The van der Waals surface area contributed by atoms with Crippen molar-refractivity contribution in [3.05, 3.63) is 47.5 Å². The molecule has 0 unspecified atom stereocenters. The molecule has 0 aromatic heterocycles. The molecule has 0 radical (unpaired) electrons. The standard InChI is InChI=1S/C17H22N2O2/c1-12-5-7-14(9-16(12)19(2)3)18-11-13-6-8-15(21-4)10-17(13)20/h5-10,18,20H,11H2,1-4H3. The molecule has 0 saturated carbocycles. The van der Waals surface area contributed by atoms with Crippen LogP contribution in [0.25, 0.3) is 0 Å². The van der Waals surface area contributed by atoms with Crippen molar-refractivity contribution in [1.82, 2.24) is 0 Å². The predicted octanol–water partition coefficient (Wildman–Crippen LogP) is 3.39. The Bertz CT molecular complexity index is 624. The second-order valence-electron chi connectivity index (χ2n) is 5.24. The summed E-state index contributed by atoms with van der Waals surface area (Å²) in [7, 11) is 5.64. The first kappa shape index (κ1) is 15.0. The van der Waals surface area contributed by atoms with Gasteiger partial charge in [-0.2, -0.15) is 0 Å². The van der Waals surface area contributed by atoms with Crippen molar-refractivity contribution in [3.63, 3.8) is 0 Å². The van der Waals surface area contributed by atoms with E-state index in [1.807, 2.05) is 32.3 Å². The summed E-state index contributed by atoms with van der Waals surface area (Å²) in [4.78, 5) is 2.09. The van der Waals surface area contributed by atoms with Crippen LogP contribution < -0.4 is 15.0 Å². The number of rotatable bonds is 5. The summed E-state index contributed by atoms with van der Waals surface area (Å²) >= 11 is 0. The van der Waals surface area contributed by atoms with Crippen LogP contribution in [0.1, 0.15) is 11.1 Å². The van der Waals surface area contributed by atoms with Crippen LogP contribution in [0.3, 0.4) is 0 Å². The largest absolute Gasteiger partial charge is 0.507 e. The Morgan fingerprint density at radius 2 is 1.90 bits per heavy atom. The molecule has 0 fully saturated rings. The van der Waals surface area contributed by atoms with Crippen LogP contribution >= 0.6 is 0 Å². The van der Waals surface area contributed by atoms with Crippen LogP contribution in [0.2, 0.25) is 0 Å². The van der Waals surface area contributed by atoms with E-state index < -0.39 is 0 Å². The molecule has 0 amide bonds. The lowest BCUT2D eigenvalue weighted by atomic mass is 10.1. The molecule has 0 aliphatic heterocycles. The number of nitrogens with one attached hydrogen (secondary N) is 1. The number of aromatic hydroxyl groups is 1. The minimum absolute atomic E-state index is 0.238. The molecule has 4 heteroatoms. The highest BCUT2D eigenvalue weighted by Gasteiger charge is 2.05. The molecular formula is C17H22N2O2. The molecule has 2 aromatic carbocycles. The monoisotopic (exact) mass is 286 g/mol. The van der Waals surface area contributed by atoms with Crippen LogP contribution in [0, 0.1) is 6.92 Å². The molecule has 0 spiro atoms. The van der Waals surface area contributed by atoms with Crippen molar-refractivity contribution < 1.29 is 9.84 Å². The lowest BCUT2D eigenvalue weighted by Crippen LogP contribution is -2.11. The van der Waals surface area contributed by atoms with Gasteiger partial charge in [0.2, 0.25) is 0 Å². The maximum atomic E-state index is 9.96. The highest BCUT2D eigenvalue weighted by Crippen LogP contribution is 2.26. The number of methoxy groups -OCH3 is 1. The topological polar surface area (TPSA) is 44.7 Å². The van der Waals surface area contributed by atoms with Crippen molar-refractivity contribution >= 4 is 11.4 Å². The van der Waals surface area contributed by atoms with Crippen LogP contribution in [0.5, 0.6) is 11.5 Å². The van der Waals surface area contributed by atoms with Gasteiger partial charge in [0.15, 0.2) is 0 Å². The smallest absolute Gasteiger partial charge is 0.124 e. The van der Waals surface area contributed by atoms with Gasteiger partial charge in [-0.3, -0.25) is 0 Å². The summed E-state index contributed by atoms with van der Waals surface area (Å²) in [6, 6.07) is 11.6. The van der Waals surface area contributed by atoms with Gasteiger partial charge < -0.3 is 20.1 Å². The van der Waals surface area contributed by atoms with Crippen LogP contribution in [0.4, 0.5) is 11.4 Å². The van der Waals surface area contributed by atoms with Crippen LogP contribution in [-0.2, 0) is 6.54 Å². The summed E-state index contributed by atoms with van der Waals surface area (Å²) in [6.45, 7) is 2.65. The average Bonchev–Trinajstić information content (AvgIpc) is 2.47. The Kier molecular flexibility index (Phi) is 4.58. The fraction of sp³-hybridized carbons (Fsp3) is 0.294. The number of hydrogen-bond donors (Lipinski definition) is 2. The quantitative estimate of drug-likeness (QED) is 0.884. The molecule has 0 saturated heterocycles. The summed E-state index contributed by atoms with van der Waals surface area (Å²) < 4.78 is 5.08. The highest BCUT2D eigenvalue weighted by atomic mass is 16.5. The number of nitrogens with zero attached hydrogens (tertiary/aromatic N) is 1. The Labute approximate surface area is 126 Å². The molecule has 0 heterocycles. The molecular weight excluding hydrogens is 264 g/mol. The zero-order chi connectivity index (χ0) is 15.4. The second kappa shape index (κ2) is 6.39. The lowest BCUT2D eigenvalue weighted by Gasteiger charge is -2.17. The molecule has 0 atom stereocenters. The first-order valence-electron chi connectivity index (χ1n) is 6.89. The fourth-order valence-corrected chi connectivity index (χ4v) is 2.22. The van der Waals surface area contributed by atoms with Gasteiger partial charge in [-0.1, -0.05) is 6.07 Å². The molecule has 0 aliphatic carbocycles. The molecule has 4 nitrogen and oxygen atoms in total. The van der Waals surface area contributed by atoms with Gasteiger partial charge in [0.25, 0.3) is 0 Å². The fourth-order valence-electron chi connectivity index (χ4n) is 2.22. The number of phenols is 1. The van der Waals surface area contributed by atoms with Crippen molar-refractivity contribution in [2.45, 2.75) is 13.5 Å². The minimum Gasteiger partial charge on any atom is -0.507 e. The van der Waals surface area contributed by atoms with Crippen LogP contribution in [-0.4, -0.2) is 26.3 Å². The van der Waals surface area contributed by atoms with Crippen LogP contribution in [0.15, 0.2) is 36.4 Å². The third-order valence-electron chi connectivity index (χ3n) is 3.47. The van der Waals surface area contributed by atoms with Crippen molar-refractivity contribution in [2.75, 3.05) is 31.4 Å². The first-order valence-corrected chi connectivity index (χ1v) is 6.89. The maximum Gasteiger partial charge on any atom is 0.124 e. The third-order valence-corrected chi connectivity index (χ3v) is 3.47. The third kappa shape index (κ3) is 3.60. The van der Waals surface area contributed by atoms with Gasteiger partial charge in [-0.25, -0.2) is 0 Å². The van der Waals surface area contributed by atoms with Crippen molar-refractivity contribution in [1.29, 1.82) is 0 Å². The average molecular weight is 286 g/mol. The van der Waals surface area contributed by atoms with E-state index in [0.29, 0.717) is 12.3 Å². The summed E-state index contributed by atoms with van der Waals surface area (Å²) in [5.41, 5.74) is 4.28. The Morgan fingerprint density at radius 3 is 2.52 bits per heavy atom. The first-order chi connectivity index (χ1) is 10.0. The van der Waals surface area contributed by atoms with Crippen molar-refractivity contribution in [2.24, 2.45) is 0 Å². The number of phenolic OH excluding ortho intramolecular Hbond substituents is 1. The van der Waals surface area contributed by atoms with Crippen molar-refractivity contribution in [3.8, 4) is 11.5 Å². The van der Waals surface area contributed by atoms with Gasteiger partial charge in [-0.15, -0.1) is 0 Å². The Hall–Kier alpha value is -2.36. The van der Waals surface area contributed by atoms with E-state index in [1.165, 1.54) is 11.3 Å². The van der Waals surface area contributed by atoms with Gasteiger partial charge in [0.05, 0.1) is 7.11 Å². The van der Waals surface area contributed by atoms with E-state index in [1.54, 1.807) is 13.2 Å². The minimum atomic E-state index is 0.238. The second-order valence-corrected chi connectivity index (χ2v) is 5.24. The zero-order valence-electron chi connectivity index (χ0n) is 13.0. The normalized spacial score (nSPS) is 10.3. The molecule has 0 aliphatic rings. The maximum absolute atomic E-state index is 9.96. The SMILES string of the molecule is COc1ccc(CNc2ccc(C)c(N(C)C)c2)c(O)c1. The zero-order valence-corrected chi connectivity index (χ0v) is 13.0. The van der Waals surface area contributed by atoms with Gasteiger partial charge in [-0.05, 0) is 36.8 Å². The molecule has 2 rings (SSSR count). The van der Waals surface area contributed by atoms with Gasteiger partial charge in [0, 0.05) is 43.6 Å². The number of aryl methyl sites for hydroxylation is 1.